The van der Waals surface area contributed by atoms with E-state index in [-0.39, 0.29) is 18.1 Å². The molecule has 1 fully saturated rings. The van der Waals surface area contributed by atoms with Crippen LogP contribution in [0.15, 0.2) is 12.1 Å². The fraction of sp³-hybridized carbons (Fsp3) is 0.688. The van der Waals surface area contributed by atoms with E-state index >= 15 is 0 Å². The summed E-state index contributed by atoms with van der Waals surface area (Å²) in [6, 6.07) is 4.25. The van der Waals surface area contributed by atoms with Crippen molar-refractivity contribution in [3.05, 3.63) is 21.9 Å². The molecule has 2 heterocycles. The van der Waals surface area contributed by atoms with Gasteiger partial charge in [-0.2, -0.15) is 11.8 Å². The molecule has 21 heavy (non-hydrogen) atoms. The second kappa shape index (κ2) is 7.16. The Morgan fingerprint density at radius 3 is 2.67 bits per heavy atom. The summed E-state index contributed by atoms with van der Waals surface area (Å²) in [6.07, 6.45) is 3.17. The lowest BCUT2D eigenvalue weighted by Crippen LogP contribution is -2.37. The molecule has 1 aromatic rings. The number of thiophene rings is 1. The fourth-order valence-electron chi connectivity index (χ4n) is 2.66. The van der Waals surface area contributed by atoms with Gasteiger partial charge in [-0.1, -0.05) is 27.2 Å². The Labute approximate surface area is 136 Å². The van der Waals surface area contributed by atoms with Gasteiger partial charge in [0.25, 0.3) is 0 Å². The molecule has 4 unspecified atom stereocenters. The van der Waals surface area contributed by atoms with Gasteiger partial charge in [-0.15, -0.1) is 11.3 Å². The summed E-state index contributed by atoms with van der Waals surface area (Å²) < 4.78 is 0. The number of hydrogen-bond acceptors (Lipinski definition) is 4. The minimum absolute atomic E-state index is 0.0449. The number of thioether (sulfide) groups is 1. The van der Waals surface area contributed by atoms with E-state index < -0.39 is 0 Å². The Morgan fingerprint density at radius 1 is 1.43 bits per heavy atom. The monoisotopic (exact) mass is 326 g/mol. The molecule has 0 radical (unpaired) electrons. The van der Waals surface area contributed by atoms with Crippen molar-refractivity contribution in [2.75, 3.05) is 12.8 Å². The molecule has 0 saturated carbocycles. The van der Waals surface area contributed by atoms with Crippen LogP contribution in [0.2, 0.25) is 0 Å². The second-order valence-corrected chi connectivity index (χ2v) is 8.51. The minimum atomic E-state index is -0.0449. The molecule has 3 nitrogen and oxygen atoms in total. The number of amides is 1. The maximum absolute atomic E-state index is 12.8. The summed E-state index contributed by atoms with van der Waals surface area (Å²) in [5.41, 5.74) is 0. The second-order valence-electron chi connectivity index (χ2n) is 5.92. The van der Waals surface area contributed by atoms with Gasteiger partial charge in [0.05, 0.1) is 6.04 Å². The number of aryl methyl sites for hydroxylation is 1. The first-order valence-electron chi connectivity index (χ1n) is 7.63. The van der Waals surface area contributed by atoms with Gasteiger partial charge < -0.3 is 4.90 Å². The number of rotatable bonds is 6. The van der Waals surface area contributed by atoms with Crippen molar-refractivity contribution in [1.82, 2.24) is 10.2 Å². The van der Waals surface area contributed by atoms with E-state index in [1.165, 1.54) is 9.75 Å². The summed E-state index contributed by atoms with van der Waals surface area (Å²) in [6.45, 7) is 9.42. The molecular weight excluding hydrogens is 300 g/mol. The zero-order valence-electron chi connectivity index (χ0n) is 13.6. The average molecular weight is 327 g/mol. The predicted octanol–water partition coefficient (Wildman–Crippen LogP) is 3.65. The molecule has 1 aliphatic rings. The summed E-state index contributed by atoms with van der Waals surface area (Å²) in [7, 11) is 0. The number of nitrogens with zero attached hydrogens (tertiary/aromatic N) is 1. The third-order valence-electron chi connectivity index (χ3n) is 4.30. The summed E-state index contributed by atoms with van der Waals surface area (Å²) >= 11 is 3.60. The highest BCUT2D eigenvalue weighted by atomic mass is 32.2. The van der Waals surface area contributed by atoms with Crippen LogP contribution in [0.5, 0.6) is 0 Å². The van der Waals surface area contributed by atoms with Gasteiger partial charge >= 0.3 is 0 Å². The van der Waals surface area contributed by atoms with Crippen molar-refractivity contribution < 1.29 is 4.79 Å². The molecule has 1 aromatic heterocycles. The predicted molar refractivity (Wildman–Crippen MR) is 92.9 cm³/mol. The molecule has 0 aromatic carbocycles. The third-order valence-corrected chi connectivity index (χ3v) is 6.30. The Bertz CT molecular complexity index is 488. The number of carbonyl (C=O) groups excluding carboxylic acids is 1. The van der Waals surface area contributed by atoms with Crippen molar-refractivity contribution in [1.29, 1.82) is 0 Å². The molecule has 2 rings (SSSR count). The van der Waals surface area contributed by atoms with Gasteiger partial charge in [0, 0.05) is 21.5 Å². The topological polar surface area (TPSA) is 32.3 Å². The van der Waals surface area contributed by atoms with Crippen LogP contribution < -0.4 is 5.32 Å². The van der Waals surface area contributed by atoms with E-state index in [2.05, 4.69) is 51.4 Å². The molecule has 0 spiro atoms. The van der Waals surface area contributed by atoms with Crippen LogP contribution in [-0.2, 0) is 4.79 Å². The average Bonchev–Trinajstić information content (AvgIpc) is 3.03. The maximum Gasteiger partial charge on any atom is 0.241 e. The normalized spacial score (nSPS) is 25.4. The first-order valence-corrected chi connectivity index (χ1v) is 9.74. The van der Waals surface area contributed by atoms with Gasteiger partial charge in [0.1, 0.15) is 6.17 Å². The largest absolute Gasteiger partial charge is 0.320 e. The quantitative estimate of drug-likeness (QED) is 0.866. The van der Waals surface area contributed by atoms with E-state index in [0.717, 1.165) is 13.0 Å². The molecular formula is C16H26N2OS2. The van der Waals surface area contributed by atoms with Crippen molar-refractivity contribution >= 4 is 29.0 Å². The van der Waals surface area contributed by atoms with E-state index in [9.17, 15) is 4.79 Å². The highest BCUT2D eigenvalue weighted by Crippen LogP contribution is 2.33. The van der Waals surface area contributed by atoms with E-state index in [1.807, 2.05) is 16.7 Å². The number of carbonyl (C=O) groups is 1. The molecule has 4 atom stereocenters. The molecule has 1 aliphatic heterocycles. The van der Waals surface area contributed by atoms with Gasteiger partial charge in [-0.25, -0.2) is 0 Å². The highest BCUT2D eigenvalue weighted by molar-refractivity contribution is 7.99. The van der Waals surface area contributed by atoms with E-state index in [1.54, 1.807) is 11.3 Å². The minimum Gasteiger partial charge on any atom is -0.320 e. The van der Waals surface area contributed by atoms with Gasteiger partial charge in [0.15, 0.2) is 0 Å². The van der Waals surface area contributed by atoms with E-state index in [4.69, 9.17) is 0 Å². The Hall–Kier alpha value is -0.520. The van der Waals surface area contributed by atoms with Crippen LogP contribution in [0.4, 0.5) is 0 Å². The highest BCUT2D eigenvalue weighted by Gasteiger charge is 2.42. The molecule has 1 saturated heterocycles. The standard InChI is InChI=1S/C16H26N2OS2/c1-6-10(2)14-16(19)18(9-12(4)20-5)15(17-14)13-8-7-11(3)21-13/h7-8,10,12,14-15,17H,6,9H2,1-5H3. The van der Waals surface area contributed by atoms with Crippen LogP contribution in [0.3, 0.4) is 0 Å². The lowest BCUT2D eigenvalue weighted by Gasteiger charge is -2.25. The van der Waals surface area contributed by atoms with Crippen LogP contribution in [-0.4, -0.2) is 34.9 Å². The first-order chi connectivity index (χ1) is 9.97. The third kappa shape index (κ3) is 3.63. The van der Waals surface area contributed by atoms with Crippen LogP contribution in [0.25, 0.3) is 0 Å². The maximum atomic E-state index is 12.8. The van der Waals surface area contributed by atoms with Crippen LogP contribution >= 0.6 is 23.1 Å². The van der Waals surface area contributed by atoms with Crippen molar-refractivity contribution in [2.45, 2.75) is 51.6 Å². The van der Waals surface area contributed by atoms with E-state index in [0.29, 0.717) is 11.2 Å². The Balaban J connectivity index is 2.24. The SMILES string of the molecule is CCC(C)C1NC(c2ccc(C)s2)N(CC(C)SC)C1=O. The first kappa shape index (κ1) is 16.8. The molecule has 0 aliphatic carbocycles. The van der Waals surface area contributed by atoms with Gasteiger partial charge in [0.2, 0.25) is 5.91 Å². The molecule has 0 bridgehead atoms. The van der Waals surface area contributed by atoms with Gasteiger partial charge in [-0.3, -0.25) is 10.1 Å². The smallest absolute Gasteiger partial charge is 0.241 e. The lowest BCUT2D eigenvalue weighted by molar-refractivity contribution is -0.130. The Kier molecular flexibility index (Phi) is 5.74. The fourth-order valence-corrected chi connectivity index (χ4v) is 3.92. The molecule has 1 amide bonds. The van der Waals surface area contributed by atoms with Crippen molar-refractivity contribution in [2.24, 2.45) is 5.92 Å². The van der Waals surface area contributed by atoms with Crippen LogP contribution in [0, 0.1) is 12.8 Å². The lowest BCUT2D eigenvalue weighted by atomic mass is 9.99. The molecule has 118 valence electrons. The van der Waals surface area contributed by atoms with Gasteiger partial charge in [-0.05, 0) is 31.2 Å². The molecule has 5 heteroatoms. The Morgan fingerprint density at radius 2 is 2.14 bits per heavy atom. The van der Waals surface area contributed by atoms with Crippen molar-refractivity contribution in [3.63, 3.8) is 0 Å². The zero-order valence-corrected chi connectivity index (χ0v) is 15.2. The zero-order chi connectivity index (χ0) is 15.6. The van der Waals surface area contributed by atoms with Crippen LogP contribution in [0.1, 0.15) is 43.1 Å². The summed E-state index contributed by atoms with van der Waals surface area (Å²) in [5, 5.41) is 4.03. The molecule has 1 N–H and O–H groups in total. The summed E-state index contributed by atoms with van der Waals surface area (Å²) in [4.78, 5) is 17.4. The summed E-state index contributed by atoms with van der Waals surface area (Å²) in [5.74, 6) is 0.636. The number of nitrogens with one attached hydrogen (secondary N) is 1. The van der Waals surface area contributed by atoms with Crippen molar-refractivity contribution in [3.8, 4) is 0 Å². The number of hydrogen-bond donors (Lipinski definition) is 1.